The minimum absolute atomic E-state index is 0.433. The van der Waals surface area contributed by atoms with Gasteiger partial charge in [0.1, 0.15) is 11.6 Å². The predicted octanol–water partition coefficient (Wildman–Crippen LogP) is 1.09. The van der Waals surface area contributed by atoms with E-state index in [4.69, 9.17) is 4.42 Å². The van der Waals surface area contributed by atoms with Gasteiger partial charge in [0.05, 0.1) is 24.9 Å². The smallest absolute Gasteiger partial charge is 0.309 e. The molecule has 0 unspecified atom stereocenters. The summed E-state index contributed by atoms with van der Waals surface area (Å²) in [7, 11) is 0. The Morgan fingerprint density at radius 2 is 2.27 bits per heavy atom. The van der Waals surface area contributed by atoms with Crippen molar-refractivity contribution in [3.63, 3.8) is 0 Å². The number of hydrogen-bond donors (Lipinski definition) is 1. The fraction of sp³-hybridized carbons (Fsp3) is 0.400. The molecule has 3 rings (SSSR count). The minimum Gasteiger partial charge on any atom is -0.481 e. The van der Waals surface area contributed by atoms with Crippen molar-refractivity contribution in [2.45, 2.75) is 6.54 Å². The van der Waals surface area contributed by atoms with Crippen LogP contribution in [0.5, 0.6) is 0 Å². The minimum atomic E-state index is -0.791. The molecule has 0 saturated carbocycles. The van der Waals surface area contributed by atoms with E-state index >= 15 is 0 Å². The van der Waals surface area contributed by atoms with E-state index in [2.05, 4.69) is 14.9 Å². The molecule has 0 spiro atoms. The second-order valence-electron chi connectivity index (χ2n) is 5.36. The Labute approximate surface area is 128 Å². The lowest BCUT2D eigenvalue weighted by atomic mass is 10.1. The summed E-state index contributed by atoms with van der Waals surface area (Å²) in [5.41, 5.74) is 0. The van der Waals surface area contributed by atoms with Gasteiger partial charge in [-0.1, -0.05) is 0 Å². The lowest BCUT2D eigenvalue weighted by Gasteiger charge is -2.22. The molecule has 0 bridgehead atoms. The first-order valence-electron chi connectivity index (χ1n) is 7.21. The monoisotopic (exact) mass is 302 g/mol. The topological polar surface area (TPSA) is 82.7 Å². The summed E-state index contributed by atoms with van der Waals surface area (Å²) in [4.78, 5) is 23.9. The van der Waals surface area contributed by atoms with Gasteiger partial charge in [-0.15, -0.1) is 0 Å². The van der Waals surface area contributed by atoms with E-state index < -0.39 is 11.9 Å². The molecule has 0 radical (unpaired) electrons. The van der Waals surface area contributed by atoms with Crippen molar-refractivity contribution in [1.29, 1.82) is 0 Å². The van der Waals surface area contributed by atoms with Crippen molar-refractivity contribution in [1.82, 2.24) is 14.9 Å². The third kappa shape index (κ3) is 3.43. The second-order valence-corrected chi connectivity index (χ2v) is 5.36. The summed E-state index contributed by atoms with van der Waals surface area (Å²) in [6.45, 7) is 3.00. The molecule has 2 aromatic heterocycles. The molecule has 7 heteroatoms. The van der Waals surface area contributed by atoms with Gasteiger partial charge in [0.2, 0.25) is 0 Å². The molecule has 3 heterocycles. The molecule has 1 aliphatic heterocycles. The van der Waals surface area contributed by atoms with Gasteiger partial charge in [0.25, 0.3) is 0 Å². The van der Waals surface area contributed by atoms with Crippen molar-refractivity contribution in [3.05, 3.63) is 42.7 Å². The predicted molar refractivity (Wildman–Crippen MR) is 79.4 cm³/mol. The van der Waals surface area contributed by atoms with Crippen molar-refractivity contribution < 1.29 is 14.3 Å². The third-order valence-corrected chi connectivity index (χ3v) is 3.79. The zero-order valence-corrected chi connectivity index (χ0v) is 12.1. The number of hydrogen-bond acceptors (Lipinski definition) is 6. The Bertz CT molecular complexity index is 603. The molecule has 0 amide bonds. The fourth-order valence-electron chi connectivity index (χ4n) is 2.67. The van der Waals surface area contributed by atoms with Gasteiger partial charge < -0.3 is 14.4 Å². The molecule has 116 valence electrons. The highest BCUT2D eigenvalue weighted by atomic mass is 16.4. The molecule has 0 aromatic carbocycles. The zero-order chi connectivity index (χ0) is 15.4. The van der Waals surface area contributed by atoms with E-state index in [1.54, 1.807) is 24.9 Å². The molecule has 0 aliphatic carbocycles. The van der Waals surface area contributed by atoms with Crippen LogP contribution in [0, 0.1) is 5.92 Å². The van der Waals surface area contributed by atoms with E-state index in [1.807, 2.05) is 17.0 Å². The average Bonchev–Trinajstić information content (AvgIpc) is 2.93. The maximum Gasteiger partial charge on any atom is 0.309 e. The van der Waals surface area contributed by atoms with Crippen LogP contribution in [0.15, 0.2) is 41.4 Å². The molecule has 2 aromatic rings. The maximum atomic E-state index is 11.5. The molecular formula is C15H18N4O3. The summed E-state index contributed by atoms with van der Waals surface area (Å²) in [5.74, 6) is 0.297. The number of aliphatic carboxylic acids is 1. The summed E-state index contributed by atoms with van der Waals surface area (Å²) in [5, 5.41) is 9.46. The number of carboxylic acid groups (broad SMARTS) is 1. The van der Waals surface area contributed by atoms with Gasteiger partial charge in [0, 0.05) is 38.6 Å². The summed E-state index contributed by atoms with van der Waals surface area (Å²) >= 11 is 0. The highest BCUT2D eigenvalue weighted by Gasteiger charge is 2.28. The first kappa shape index (κ1) is 14.5. The first-order valence-corrected chi connectivity index (χ1v) is 7.21. The largest absolute Gasteiger partial charge is 0.481 e. The highest BCUT2D eigenvalue weighted by molar-refractivity contribution is 5.71. The Kier molecular flexibility index (Phi) is 4.34. The molecule has 1 N–H and O–H groups in total. The van der Waals surface area contributed by atoms with Gasteiger partial charge in [0.15, 0.2) is 0 Å². The van der Waals surface area contributed by atoms with Crippen molar-refractivity contribution in [2.75, 3.05) is 31.1 Å². The molecule has 1 aliphatic rings. The zero-order valence-electron chi connectivity index (χ0n) is 12.1. The van der Waals surface area contributed by atoms with Crippen LogP contribution in [0.2, 0.25) is 0 Å². The van der Waals surface area contributed by atoms with Crippen LogP contribution in [0.4, 0.5) is 5.82 Å². The lowest BCUT2D eigenvalue weighted by molar-refractivity contribution is -0.141. The SMILES string of the molecule is O=C(O)[C@H]1CN(Cc2ccco2)CCN(c2cnccn2)C1. The number of aromatic nitrogens is 2. The van der Waals surface area contributed by atoms with Crippen LogP contribution in [0.25, 0.3) is 0 Å². The van der Waals surface area contributed by atoms with Crippen molar-refractivity contribution >= 4 is 11.8 Å². The third-order valence-electron chi connectivity index (χ3n) is 3.79. The molecule has 1 saturated heterocycles. The number of carbonyl (C=O) groups is 1. The van der Waals surface area contributed by atoms with Crippen LogP contribution < -0.4 is 4.90 Å². The van der Waals surface area contributed by atoms with Crippen LogP contribution in [0.3, 0.4) is 0 Å². The standard InChI is InChI=1S/C15H18N4O3/c20-15(21)12-9-18(11-13-2-1-7-22-13)5-6-19(10-12)14-8-16-3-4-17-14/h1-4,7-8,12H,5-6,9-11H2,(H,20,21)/t12-/m0/s1. The highest BCUT2D eigenvalue weighted by Crippen LogP contribution is 2.17. The average molecular weight is 302 g/mol. The van der Waals surface area contributed by atoms with E-state index in [1.165, 1.54) is 0 Å². The van der Waals surface area contributed by atoms with Crippen molar-refractivity contribution in [2.24, 2.45) is 5.92 Å². The summed E-state index contributed by atoms with van der Waals surface area (Å²) in [6.07, 6.45) is 6.53. The van der Waals surface area contributed by atoms with Gasteiger partial charge in [-0.25, -0.2) is 4.98 Å². The summed E-state index contributed by atoms with van der Waals surface area (Å²) in [6, 6.07) is 3.74. The van der Waals surface area contributed by atoms with Crippen LogP contribution in [-0.2, 0) is 11.3 Å². The molecule has 1 fully saturated rings. The number of carboxylic acids is 1. The van der Waals surface area contributed by atoms with Crippen molar-refractivity contribution in [3.8, 4) is 0 Å². The van der Waals surface area contributed by atoms with Gasteiger partial charge in [-0.3, -0.25) is 14.7 Å². The second kappa shape index (κ2) is 6.57. The van der Waals surface area contributed by atoms with E-state index in [0.717, 1.165) is 12.3 Å². The Morgan fingerprint density at radius 3 is 2.95 bits per heavy atom. The molecule has 7 nitrogen and oxygen atoms in total. The number of anilines is 1. The maximum absolute atomic E-state index is 11.5. The van der Waals surface area contributed by atoms with Crippen LogP contribution in [0.1, 0.15) is 5.76 Å². The Balaban J connectivity index is 1.74. The number of rotatable bonds is 4. The lowest BCUT2D eigenvalue weighted by Crippen LogP contribution is -2.34. The van der Waals surface area contributed by atoms with Gasteiger partial charge in [-0.2, -0.15) is 0 Å². The Hall–Kier alpha value is -2.41. The summed E-state index contributed by atoms with van der Waals surface area (Å²) < 4.78 is 5.36. The van der Waals surface area contributed by atoms with E-state index in [9.17, 15) is 9.90 Å². The van der Waals surface area contributed by atoms with E-state index in [-0.39, 0.29) is 0 Å². The van der Waals surface area contributed by atoms with E-state index in [0.29, 0.717) is 32.0 Å². The molecule has 22 heavy (non-hydrogen) atoms. The Morgan fingerprint density at radius 1 is 1.36 bits per heavy atom. The normalized spacial score (nSPS) is 19.8. The van der Waals surface area contributed by atoms with Gasteiger partial charge in [-0.05, 0) is 12.1 Å². The molecule has 1 atom stereocenters. The fourth-order valence-corrected chi connectivity index (χ4v) is 2.67. The van der Waals surface area contributed by atoms with Gasteiger partial charge >= 0.3 is 5.97 Å². The molecular weight excluding hydrogens is 284 g/mol. The van der Waals surface area contributed by atoms with Crippen LogP contribution in [-0.4, -0.2) is 52.1 Å². The van der Waals surface area contributed by atoms with Crippen LogP contribution >= 0.6 is 0 Å². The first-order chi connectivity index (χ1) is 10.7. The quantitative estimate of drug-likeness (QED) is 0.905. The number of furan rings is 1. The number of nitrogens with zero attached hydrogens (tertiary/aromatic N) is 4.